The van der Waals surface area contributed by atoms with Crippen LogP contribution in [0.2, 0.25) is 0 Å². The molecule has 0 aromatic heterocycles. The summed E-state index contributed by atoms with van der Waals surface area (Å²) in [4.78, 5) is 37.0. The average molecular weight is 401 g/mol. The van der Waals surface area contributed by atoms with E-state index in [9.17, 15) is 14.4 Å². The Labute approximate surface area is 168 Å². The smallest absolute Gasteiger partial charge is 0.410 e. The van der Waals surface area contributed by atoms with Crippen molar-refractivity contribution in [3.8, 4) is 0 Å². The van der Waals surface area contributed by atoms with Gasteiger partial charge in [0.2, 0.25) is 0 Å². The zero-order valence-corrected chi connectivity index (χ0v) is 18.1. The van der Waals surface area contributed by atoms with E-state index in [1.807, 2.05) is 41.5 Å². The van der Waals surface area contributed by atoms with Crippen LogP contribution in [0.25, 0.3) is 0 Å². The molecule has 0 unspecified atom stereocenters. The Morgan fingerprint density at radius 1 is 0.929 bits per heavy atom. The van der Waals surface area contributed by atoms with Gasteiger partial charge < -0.3 is 24.3 Å². The first-order chi connectivity index (χ1) is 12.9. The molecule has 2 heterocycles. The number of ether oxygens (including phenoxy) is 2. The lowest BCUT2D eigenvalue weighted by Crippen LogP contribution is -2.41. The summed E-state index contributed by atoms with van der Waals surface area (Å²) in [5.74, 6) is 0. The molecule has 0 spiro atoms. The molecule has 2 aliphatic rings. The van der Waals surface area contributed by atoms with E-state index in [1.54, 1.807) is 4.90 Å². The molecule has 2 fully saturated rings. The third kappa shape index (κ3) is 8.04. The van der Waals surface area contributed by atoms with Gasteiger partial charge in [0.05, 0.1) is 18.7 Å². The molecule has 28 heavy (non-hydrogen) atoms. The first-order valence-electron chi connectivity index (χ1n) is 9.93. The Morgan fingerprint density at radius 3 is 1.86 bits per heavy atom. The number of amides is 2. The van der Waals surface area contributed by atoms with E-state index < -0.39 is 11.2 Å². The Hall–Kier alpha value is -1.83. The molecule has 2 amide bonds. The lowest BCUT2D eigenvalue weighted by atomic mass is 10.2. The van der Waals surface area contributed by atoms with Gasteiger partial charge in [-0.1, -0.05) is 0 Å². The molecule has 2 atom stereocenters. The second kappa shape index (κ2) is 10.1. The highest BCUT2D eigenvalue weighted by Gasteiger charge is 2.32. The summed E-state index contributed by atoms with van der Waals surface area (Å²) in [7, 11) is 0. The third-order valence-electron chi connectivity index (χ3n) is 4.30. The summed E-state index contributed by atoms with van der Waals surface area (Å²) >= 11 is 0. The van der Waals surface area contributed by atoms with Gasteiger partial charge in [-0.25, -0.2) is 9.59 Å². The maximum Gasteiger partial charge on any atom is 0.410 e. The van der Waals surface area contributed by atoms with Gasteiger partial charge in [-0.3, -0.25) is 4.90 Å². The van der Waals surface area contributed by atoms with Crippen LogP contribution < -0.4 is 0 Å². The first-order valence-corrected chi connectivity index (χ1v) is 9.93. The predicted octanol–water partition coefficient (Wildman–Crippen LogP) is 2.96. The van der Waals surface area contributed by atoms with Gasteiger partial charge in [0.25, 0.3) is 0 Å². The molecule has 2 aliphatic heterocycles. The molecule has 1 N–H and O–H groups in total. The Bertz CT molecular complexity index is 538. The van der Waals surface area contributed by atoms with E-state index in [0.717, 1.165) is 32.0 Å². The molecule has 8 heteroatoms. The van der Waals surface area contributed by atoms with Crippen molar-refractivity contribution in [1.82, 2.24) is 9.80 Å². The molecule has 2 rings (SSSR count). The topological polar surface area (TPSA) is 96.4 Å². The van der Waals surface area contributed by atoms with E-state index >= 15 is 0 Å². The van der Waals surface area contributed by atoms with Crippen molar-refractivity contribution in [3.63, 3.8) is 0 Å². The second-order valence-electron chi connectivity index (χ2n) is 9.17. The van der Waals surface area contributed by atoms with Crippen LogP contribution in [0.15, 0.2) is 0 Å². The quantitative estimate of drug-likeness (QED) is 0.716. The normalized spacial score (nSPS) is 22.4. The SMILES string of the molecule is CC(C)(C)OC(=O)N1CCC[C@H]1C=O.CC(C)(C)OC(=O)N1CCC[C@H]1CO. The van der Waals surface area contributed by atoms with Gasteiger partial charge in [-0.15, -0.1) is 0 Å². The summed E-state index contributed by atoms with van der Waals surface area (Å²) in [6, 6.07) is -0.338. The molecule has 0 bridgehead atoms. The highest BCUT2D eigenvalue weighted by atomic mass is 16.6. The maximum atomic E-state index is 11.6. The molecular formula is C20H36N2O6. The van der Waals surface area contributed by atoms with Crippen LogP contribution in [-0.4, -0.2) is 76.4 Å². The minimum Gasteiger partial charge on any atom is -0.444 e. The second-order valence-corrected chi connectivity index (χ2v) is 9.17. The number of carbonyl (C=O) groups excluding carboxylic acids is 3. The standard InChI is InChI=1S/C10H19NO3.C10H17NO3/c2*1-10(2,3)14-9(13)11-6-4-5-8(11)7-12/h8,12H,4-7H2,1-3H3;7-8H,4-6H2,1-3H3/t2*8-/m00/s1. The highest BCUT2D eigenvalue weighted by molar-refractivity contribution is 5.74. The molecular weight excluding hydrogens is 364 g/mol. The monoisotopic (exact) mass is 400 g/mol. The van der Waals surface area contributed by atoms with Gasteiger partial charge in [0.1, 0.15) is 17.5 Å². The largest absolute Gasteiger partial charge is 0.444 e. The first kappa shape index (κ1) is 24.2. The number of carbonyl (C=O) groups is 3. The highest BCUT2D eigenvalue weighted by Crippen LogP contribution is 2.20. The van der Waals surface area contributed by atoms with Crippen LogP contribution in [0.5, 0.6) is 0 Å². The fraction of sp³-hybridized carbons (Fsp3) is 0.850. The lowest BCUT2D eigenvalue weighted by molar-refractivity contribution is -0.111. The van der Waals surface area contributed by atoms with Crippen molar-refractivity contribution in [3.05, 3.63) is 0 Å². The van der Waals surface area contributed by atoms with Gasteiger partial charge in [0, 0.05) is 13.1 Å². The Kier molecular flexibility index (Phi) is 8.73. The van der Waals surface area contributed by atoms with Gasteiger partial charge in [-0.2, -0.15) is 0 Å². The fourth-order valence-corrected chi connectivity index (χ4v) is 3.07. The number of hydrogen-bond acceptors (Lipinski definition) is 6. The van der Waals surface area contributed by atoms with Crippen molar-refractivity contribution >= 4 is 18.5 Å². The number of hydrogen-bond donors (Lipinski definition) is 1. The van der Waals surface area contributed by atoms with E-state index in [0.29, 0.717) is 13.1 Å². The molecule has 0 saturated carbocycles. The van der Waals surface area contributed by atoms with Gasteiger partial charge >= 0.3 is 12.2 Å². The number of likely N-dealkylation sites (tertiary alicyclic amines) is 2. The maximum absolute atomic E-state index is 11.6. The summed E-state index contributed by atoms with van der Waals surface area (Å²) in [5, 5.41) is 9.03. The van der Waals surface area contributed by atoms with E-state index in [4.69, 9.17) is 14.6 Å². The predicted molar refractivity (Wildman–Crippen MR) is 105 cm³/mol. The third-order valence-corrected chi connectivity index (χ3v) is 4.30. The zero-order valence-electron chi connectivity index (χ0n) is 18.1. The van der Waals surface area contributed by atoms with Crippen molar-refractivity contribution in [1.29, 1.82) is 0 Å². The molecule has 0 aromatic rings. The molecule has 2 saturated heterocycles. The molecule has 0 aliphatic carbocycles. The van der Waals surface area contributed by atoms with Crippen molar-refractivity contribution in [2.75, 3.05) is 19.7 Å². The van der Waals surface area contributed by atoms with Crippen molar-refractivity contribution < 1.29 is 29.0 Å². The summed E-state index contributed by atoms with van der Waals surface area (Å²) in [5.41, 5.74) is -0.952. The van der Waals surface area contributed by atoms with Crippen LogP contribution in [-0.2, 0) is 14.3 Å². The Balaban J connectivity index is 0.000000280. The van der Waals surface area contributed by atoms with Crippen LogP contribution in [0.3, 0.4) is 0 Å². The average Bonchev–Trinajstić information content (AvgIpc) is 3.20. The number of nitrogens with zero attached hydrogens (tertiary/aromatic N) is 2. The van der Waals surface area contributed by atoms with Crippen LogP contribution >= 0.6 is 0 Å². The number of rotatable bonds is 2. The van der Waals surface area contributed by atoms with Crippen LogP contribution in [0, 0.1) is 0 Å². The minimum absolute atomic E-state index is 0.0270. The van der Waals surface area contributed by atoms with Gasteiger partial charge in [-0.05, 0) is 67.2 Å². The van der Waals surface area contributed by atoms with E-state index in [1.165, 1.54) is 4.90 Å². The van der Waals surface area contributed by atoms with Gasteiger partial charge in [0.15, 0.2) is 0 Å². The number of aliphatic hydroxyl groups excluding tert-OH is 1. The summed E-state index contributed by atoms with van der Waals surface area (Å²) in [6.45, 7) is 12.3. The number of aldehydes is 1. The van der Waals surface area contributed by atoms with Crippen LogP contribution in [0.1, 0.15) is 67.2 Å². The van der Waals surface area contributed by atoms with Crippen molar-refractivity contribution in [2.45, 2.75) is 90.5 Å². The minimum atomic E-state index is -0.493. The van der Waals surface area contributed by atoms with Crippen molar-refractivity contribution in [2.24, 2.45) is 0 Å². The van der Waals surface area contributed by atoms with E-state index in [2.05, 4.69) is 0 Å². The lowest BCUT2D eigenvalue weighted by Gasteiger charge is -2.27. The fourth-order valence-electron chi connectivity index (χ4n) is 3.07. The molecule has 0 radical (unpaired) electrons. The summed E-state index contributed by atoms with van der Waals surface area (Å²) in [6.07, 6.45) is 3.57. The molecule has 0 aromatic carbocycles. The van der Waals surface area contributed by atoms with Crippen LogP contribution in [0.4, 0.5) is 9.59 Å². The Morgan fingerprint density at radius 2 is 1.39 bits per heavy atom. The zero-order chi connectivity index (χ0) is 21.5. The molecule has 162 valence electrons. The molecule has 8 nitrogen and oxygen atoms in total. The number of aliphatic hydroxyl groups is 1. The summed E-state index contributed by atoms with van der Waals surface area (Å²) < 4.78 is 10.4. The van der Waals surface area contributed by atoms with E-state index in [-0.39, 0.29) is 30.9 Å².